The third kappa shape index (κ3) is 4.03. The fourth-order valence-corrected chi connectivity index (χ4v) is 4.77. The van der Waals surface area contributed by atoms with Crippen LogP contribution in [0.2, 0.25) is 0 Å². The molecule has 3 heterocycles. The van der Waals surface area contributed by atoms with Gasteiger partial charge in [-0.05, 0) is 49.7 Å². The molecule has 186 valence electrons. The van der Waals surface area contributed by atoms with Crippen LogP contribution in [0.15, 0.2) is 88.1 Å². The second-order valence-electron chi connectivity index (χ2n) is 9.31. The summed E-state index contributed by atoms with van der Waals surface area (Å²) in [6.45, 7) is 5.44. The number of benzene rings is 3. The minimum Gasteiger partial charge on any atom is -0.291 e. The van der Waals surface area contributed by atoms with Crippen molar-refractivity contribution >= 4 is 38.5 Å². The number of hydrogen-bond donors (Lipinski definition) is 0. The molecule has 6 rings (SSSR count). The standard InChI is InChI=1S/C30H22BrN5O2/c1-17-4-8-20(9-5-17)24-16-25(21-10-6-18(2)7-11-21)32-27-26(24)29(38)35-28(19(3)37)34-36(30(35)33-27)23-14-12-22(31)13-15-23/h4-16H,1-3H3. The van der Waals surface area contributed by atoms with E-state index in [2.05, 4.69) is 21.0 Å². The van der Waals surface area contributed by atoms with E-state index in [0.29, 0.717) is 22.3 Å². The van der Waals surface area contributed by atoms with Gasteiger partial charge in [-0.1, -0.05) is 75.6 Å². The zero-order valence-corrected chi connectivity index (χ0v) is 22.5. The lowest BCUT2D eigenvalue weighted by molar-refractivity contribution is 0.100. The van der Waals surface area contributed by atoms with Gasteiger partial charge in [-0.3, -0.25) is 9.59 Å². The van der Waals surface area contributed by atoms with E-state index >= 15 is 0 Å². The van der Waals surface area contributed by atoms with E-state index in [1.807, 2.05) is 92.7 Å². The number of nitrogens with zero attached hydrogens (tertiary/aromatic N) is 5. The van der Waals surface area contributed by atoms with Crippen LogP contribution < -0.4 is 5.56 Å². The lowest BCUT2D eigenvalue weighted by atomic mass is 9.99. The molecular formula is C30H22BrN5O2. The maximum atomic E-state index is 14.1. The summed E-state index contributed by atoms with van der Waals surface area (Å²) in [7, 11) is 0. The first-order valence-electron chi connectivity index (χ1n) is 12.1. The molecule has 0 aliphatic rings. The fourth-order valence-electron chi connectivity index (χ4n) is 4.50. The largest absolute Gasteiger partial charge is 0.291 e. The lowest BCUT2D eigenvalue weighted by Gasteiger charge is -2.11. The van der Waals surface area contributed by atoms with Gasteiger partial charge in [-0.15, -0.1) is 5.10 Å². The number of hydrogen-bond acceptors (Lipinski definition) is 5. The quantitative estimate of drug-likeness (QED) is 0.233. The highest BCUT2D eigenvalue weighted by molar-refractivity contribution is 9.10. The van der Waals surface area contributed by atoms with Gasteiger partial charge in [0.2, 0.25) is 11.6 Å². The summed E-state index contributed by atoms with van der Waals surface area (Å²) in [4.78, 5) is 36.4. The Hall–Kier alpha value is -4.43. The van der Waals surface area contributed by atoms with Crippen LogP contribution in [-0.4, -0.2) is 29.9 Å². The highest BCUT2D eigenvalue weighted by Crippen LogP contribution is 2.31. The van der Waals surface area contributed by atoms with E-state index < -0.39 is 5.56 Å². The predicted octanol–water partition coefficient (Wildman–Crippen LogP) is 6.34. The molecule has 3 aromatic heterocycles. The molecule has 3 aromatic carbocycles. The van der Waals surface area contributed by atoms with Gasteiger partial charge in [0.15, 0.2) is 11.4 Å². The predicted molar refractivity (Wildman–Crippen MR) is 152 cm³/mol. The van der Waals surface area contributed by atoms with E-state index in [4.69, 9.17) is 9.97 Å². The molecular weight excluding hydrogens is 542 g/mol. The average molecular weight is 564 g/mol. The molecule has 0 fully saturated rings. The normalized spacial score (nSPS) is 11.4. The Morgan fingerprint density at radius 1 is 0.816 bits per heavy atom. The van der Waals surface area contributed by atoms with Gasteiger partial charge in [0, 0.05) is 22.5 Å². The maximum Gasteiger partial charge on any atom is 0.271 e. The van der Waals surface area contributed by atoms with Gasteiger partial charge in [-0.25, -0.2) is 9.38 Å². The number of carbonyl (C=O) groups excluding carboxylic acids is 1. The first-order valence-corrected chi connectivity index (χ1v) is 12.9. The topological polar surface area (TPSA) is 82.2 Å². The highest BCUT2D eigenvalue weighted by atomic mass is 79.9. The van der Waals surface area contributed by atoms with Gasteiger partial charge in [-0.2, -0.15) is 9.67 Å². The molecule has 0 saturated heterocycles. The molecule has 0 aliphatic heterocycles. The Balaban J connectivity index is 1.74. The number of halogens is 1. The first-order chi connectivity index (χ1) is 18.3. The lowest BCUT2D eigenvalue weighted by Crippen LogP contribution is -2.20. The Morgan fingerprint density at radius 2 is 1.42 bits per heavy atom. The Labute approximate surface area is 226 Å². The number of ketones is 1. The summed E-state index contributed by atoms with van der Waals surface area (Å²) in [5.41, 5.74) is 5.99. The van der Waals surface area contributed by atoms with Crippen molar-refractivity contribution in [3.63, 3.8) is 0 Å². The SMILES string of the molecule is CC(=O)c1nn(-c2ccc(Br)cc2)c2nc3nc(-c4ccc(C)cc4)cc(-c4ccc(C)cc4)c3c(=O)n12. The molecule has 0 saturated carbocycles. The average Bonchev–Trinajstić information content (AvgIpc) is 3.29. The van der Waals surface area contributed by atoms with Gasteiger partial charge in [0.05, 0.1) is 16.8 Å². The van der Waals surface area contributed by atoms with Crippen molar-refractivity contribution in [2.45, 2.75) is 20.8 Å². The Morgan fingerprint density at radius 3 is 2.03 bits per heavy atom. The minimum atomic E-state index is -0.392. The van der Waals surface area contributed by atoms with Crippen molar-refractivity contribution < 1.29 is 4.79 Å². The van der Waals surface area contributed by atoms with Crippen LogP contribution in [0.4, 0.5) is 0 Å². The Kier molecular flexibility index (Phi) is 5.76. The van der Waals surface area contributed by atoms with E-state index in [0.717, 1.165) is 26.7 Å². The van der Waals surface area contributed by atoms with Gasteiger partial charge in [0.25, 0.3) is 5.56 Å². The van der Waals surface area contributed by atoms with Crippen LogP contribution in [0, 0.1) is 13.8 Å². The Bertz CT molecular complexity index is 1920. The van der Waals surface area contributed by atoms with Crippen molar-refractivity contribution in [2.75, 3.05) is 0 Å². The minimum absolute atomic E-state index is 0.0137. The van der Waals surface area contributed by atoms with E-state index in [-0.39, 0.29) is 23.0 Å². The van der Waals surface area contributed by atoms with Crippen LogP contribution in [0.3, 0.4) is 0 Å². The summed E-state index contributed by atoms with van der Waals surface area (Å²) in [5.74, 6) is -0.103. The zero-order valence-electron chi connectivity index (χ0n) is 20.9. The molecule has 6 aromatic rings. The van der Waals surface area contributed by atoms with E-state index in [1.54, 1.807) is 0 Å². The van der Waals surface area contributed by atoms with Crippen molar-refractivity contribution in [3.8, 4) is 28.1 Å². The molecule has 0 atom stereocenters. The van der Waals surface area contributed by atoms with Gasteiger partial charge >= 0.3 is 0 Å². The van der Waals surface area contributed by atoms with Gasteiger partial charge in [0.1, 0.15) is 0 Å². The smallest absolute Gasteiger partial charge is 0.271 e. The molecule has 0 amide bonds. The number of rotatable bonds is 4. The molecule has 7 nitrogen and oxygen atoms in total. The number of carbonyl (C=O) groups is 1. The summed E-state index contributed by atoms with van der Waals surface area (Å²) < 4.78 is 3.69. The summed E-state index contributed by atoms with van der Waals surface area (Å²) in [6, 6.07) is 25.4. The third-order valence-electron chi connectivity index (χ3n) is 6.52. The van der Waals surface area contributed by atoms with E-state index in [9.17, 15) is 9.59 Å². The second-order valence-corrected chi connectivity index (χ2v) is 10.2. The maximum absolute atomic E-state index is 14.1. The molecule has 38 heavy (non-hydrogen) atoms. The first kappa shape index (κ1) is 23.9. The molecule has 0 bridgehead atoms. The fraction of sp³-hybridized carbons (Fsp3) is 0.100. The van der Waals surface area contributed by atoms with Crippen LogP contribution in [0.5, 0.6) is 0 Å². The summed E-state index contributed by atoms with van der Waals surface area (Å²) >= 11 is 3.44. The summed E-state index contributed by atoms with van der Waals surface area (Å²) in [5, 5.41) is 4.83. The zero-order chi connectivity index (χ0) is 26.6. The highest BCUT2D eigenvalue weighted by Gasteiger charge is 2.23. The number of aromatic nitrogens is 5. The van der Waals surface area contributed by atoms with Crippen LogP contribution >= 0.6 is 15.9 Å². The monoisotopic (exact) mass is 563 g/mol. The molecule has 0 radical (unpaired) electrons. The number of fused-ring (bicyclic) bond motifs is 2. The summed E-state index contributed by atoms with van der Waals surface area (Å²) in [6.07, 6.45) is 0. The van der Waals surface area contributed by atoms with Gasteiger partial charge < -0.3 is 0 Å². The van der Waals surface area contributed by atoms with Crippen molar-refractivity contribution in [3.05, 3.63) is 111 Å². The molecule has 8 heteroatoms. The number of aryl methyl sites for hydroxylation is 2. The second kappa shape index (κ2) is 9.15. The van der Waals surface area contributed by atoms with E-state index in [1.165, 1.54) is 16.0 Å². The third-order valence-corrected chi connectivity index (χ3v) is 7.04. The van der Waals surface area contributed by atoms with Crippen molar-refractivity contribution in [1.29, 1.82) is 0 Å². The van der Waals surface area contributed by atoms with Crippen LogP contribution in [0.1, 0.15) is 28.7 Å². The number of pyridine rings is 1. The van der Waals surface area contributed by atoms with Crippen LogP contribution in [-0.2, 0) is 0 Å². The van der Waals surface area contributed by atoms with Crippen molar-refractivity contribution in [1.82, 2.24) is 24.1 Å². The number of Topliss-reactive ketones (excluding diaryl/α,β-unsaturated/α-hetero) is 1. The molecule has 0 spiro atoms. The molecule has 0 N–H and O–H groups in total. The molecule has 0 aliphatic carbocycles. The molecule has 0 unspecified atom stereocenters. The van der Waals surface area contributed by atoms with Crippen molar-refractivity contribution in [2.24, 2.45) is 0 Å². The van der Waals surface area contributed by atoms with Crippen LogP contribution in [0.25, 0.3) is 44.9 Å².